The van der Waals surface area contributed by atoms with Crippen molar-refractivity contribution in [2.24, 2.45) is 0 Å². The van der Waals surface area contributed by atoms with Crippen LogP contribution >= 0.6 is 11.3 Å². The van der Waals surface area contributed by atoms with Crippen molar-refractivity contribution < 1.29 is 4.74 Å². The van der Waals surface area contributed by atoms with E-state index in [4.69, 9.17) is 4.74 Å². The first-order chi connectivity index (χ1) is 6.92. The van der Waals surface area contributed by atoms with Crippen LogP contribution in [-0.4, -0.2) is 35.2 Å². The van der Waals surface area contributed by atoms with Gasteiger partial charge in [0.2, 0.25) is 0 Å². The third kappa shape index (κ3) is 1.80. The highest BCUT2D eigenvalue weighted by Gasteiger charge is 2.04. The van der Waals surface area contributed by atoms with Crippen molar-refractivity contribution in [1.82, 2.24) is 15.0 Å². The fourth-order valence-electron chi connectivity index (χ4n) is 1.10. The summed E-state index contributed by atoms with van der Waals surface area (Å²) < 4.78 is 4.93. The third-order valence-electron chi connectivity index (χ3n) is 1.73. The summed E-state index contributed by atoms with van der Waals surface area (Å²) in [6, 6.07) is 0. The molecule has 2 aromatic rings. The number of hydrogen-bond acceptors (Lipinski definition) is 6. The van der Waals surface area contributed by atoms with E-state index in [1.54, 1.807) is 12.6 Å². The molecule has 0 atom stereocenters. The van der Waals surface area contributed by atoms with Gasteiger partial charge in [0.25, 0.3) is 0 Å². The molecule has 0 saturated heterocycles. The quantitative estimate of drug-likeness (QED) is 0.767. The zero-order valence-corrected chi connectivity index (χ0v) is 8.54. The van der Waals surface area contributed by atoms with Gasteiger partial charge in [-0.15, -0.1) is 11.3 Å². The Morgan fingerprint density at radius 2 is 2.36 bits per heavy atom. The van der Waals surface area contributed by atoms with Crippen LogP contribution in [0.15, 0.2) is 11.8 Å². The summed E-state index contributed by atoms with van der Waals surface area (Å²) in [5, 5.41) is 3.14. The number of nitrogens with zero attached hydrogens (tertiary/aromatic N) is 3. The van der Waals surface area contributed by atoms with Gasteiger partial charge in [-0.3, -0.25) is 0 Å². The van der Waals surface area contributed by atoms with Gasteiger partial charge in [-0.2, -0.15) is 0 Å². The number of anilines is 1. The molecule has 1 N–H and O–H groups in total. The van der Waals surface area contributed by atoms with E-state index in [0.29, 0.717) is 6.61 Å². The molecular weight excluding hydrogens is 200 g/mol. The lowest BCUT2D eigenvalue weighted by Crippen LogP contribution is -2.09. The van der Waals surface area contributed by atoms with Crippen LogP contribution in [0, 0.1) is 0 Å². The monoisotopic (exact) mass is 210 g/mol. The van der Waals surface area contributed by atoms with E-state index < -0.39 is 0 Å². The van der Waals surface area contributed by atoms with Crippen LogP contribution in [0.2, 0.25) is 0 Å². The first kappa shape index (κ1) is 9.29. The molecule has 0 amide bonds. The van der Waals surface area contributed by atoms with Crippen LogP contribution < -0.4 is 5.32 Å². The highest BCUT2D eigenvalue weighted by molar-refractivity contribution is 7.16. The number of thiazole rings is 1. The van der Waals surface area contributed by atoms with E-state index in [-0.39, 0.29) is 0 Å². The van der Waals surface area contributed by atoms with Gasteiger partial charge < -0.3 is 10.1 Å². The van der Waals surface area contributed by atoms with Gasteiger partial charge in [0.15, 0.2) is 5.82 Å². The van der Waals surface area contributed by atoms with Gasteiger partial charge in [-0.25, -0.2) is 15.0 Å². The van der Waals surface area contributed by atoms with Crippen LogP contribution in [0.3, 0.4) is 0 Å². The Morgan fingerprint density at radius 1 is 1.43 bits per heavy atom. The summed E-state index contributed by atoms with van der Waals surface area (Å²) in [5.41, 5.74) is 2.59. The Morgan fingerprint density at radius 3 is 3.21 bits per heavy atom. The Kier molecular flexibility index (Phi) is 2.85. The van der Waals surface area contributed by atoms with E-state index in [9.17, 15) is 0 Å². The molecule has 74 valence electrons. The molecule has 0 spiro atoms. The normalized spacial score (nSPS) is 10.6. The molecule has 0 aliphatic rings. The molecule has 0 bridgehead atoms. The first-order valence-corrected chi connectivity index (χ1v) is 5.07. The van der Waals surface area contributed by atoms with Crippen molar-refractivity contribution in [3.05, 3.63) is 11.8 Å². The second-order valence-electron chi connectivity index (χ2n) is 2.65. The van der Waals surface area contributed by atoms with Crippen molar-refractivity contribution in [2.75, 3.05) is 25.6 Å². The highest BCUT2D eigenvalue weighted by Crippen LogP contribution is 2.19. The fraction of sp³-hybridized carbons (Fsp3) is 0.375. The summed E-state index contributed by atoms with van der Waals surface area (Å²) in [6.45, 7) is 1.37. The van der Waals surface area contributed by atoms with E-state index in [1.807, 2.05) is 0 Å². The number of hydrogen-bond donors (Lipinski definition) is 1. The SMILES string of the molecule is COCCNc1ncnc2scnc12. The third-order valence-corrected chi connectivity index (χ3v) is 2.47. The van der Waals surface area contributed by atoms with Crippen LogP contribution in [0.1, 0.15) is 0 Å². The average molecular weight is 210 g/mol. The molecule has 0 unspecified atom stereocenters. The number of aromatic nitrogens is 3. The summed E-state index contributed by atoms with van der Waals surface area (Å²) in [7, 11) is 1.67. The molecule has 0 fully saturated rings. The Hall–Kier alpha value is -1.27. The molecule has 0 aliphatic heterocycles. The predicted molar refractivity (Wildman–Crippen MR) is 55.6 cm³/mol. The minimum atomic E-state index is 0.648. The van der Waals surface area contributed by atoms with Crippen molar-refractivity contribution in [2.45, 2.75) is 0 Å². The van der Waals surface area contributed by atoms with Gasteiger partial charge in [-0.1, -0.05) is 0 Å². The van der Waals surface area contributed by atoms with Crippen LogP contribution in [0.5, 0.6) is 0 Å². The average Bonchev–Trinajstić information content (AvgIpc) is 2.67. The molecule has 5 nitrogen and oxygen atoms in total. The van der Waals surface area contributed by atoms with Gasteiger partial charge in [-0.05, 0) is 0 Å². The molecule has 14 heavy (non-hydrogen) atoms. The zero-order valence-electron chi connectivity index (χ0n) is 7.73. The predicted octanol–water partition coefficient (Wildman–Crippen LogP) is 1.14. The summed E-state index contributed by atoms with van der Waals surface area (Å²) in [6.07, 6.45) is 1.54. The second kappa shape index (κ2) is 4.30. The molecule has 2 heterocycles. The maximum atomic E-state index is 4.93. The first-order valence-electron chi connectivity index (χ1n) is 4.19. The molecule has 2 rings (SSSR count). The lowest BCUT2D eigenvalue weighted by Gasteiger charge is -2.03. The maximum Gasteiger partial charge on any atom is 0.157 e. The highest BCUT2D eigenvalue weighted by atomic mass is 32.1. The molecule has 0 aromatic carbocycles. The minimum Gasteiger partial charge on any atom is -0.383 e. The molecular formula is C8H10N4OS. The molecule has 6 heteroatoms. The van der Waals surface area contributed by atoms with Crippen LogP contribution in [0.4, 0.5) is 5.82 Å². The summed E-state index contributed by atoms with van der Waals surface area (Å²) in [4.78, 5) is 13.3. The van der Waals surface area contributed by atoms with Crippen molar-refractivity contribution in [3.8, 4) is 0 Å². The van der Waals surface area contributed by atoms with Gasteiger partial charge in [0.05, 0.1) is 12.1 Å². The van der Waals surface area contributed by atoms with Crippen molar-refractivity contribution in [3.63, 3.8) is 0 Å². The lowest BCUT2D eigenvalue weighted by atomic mass is 10.5. The smallest absolute Gasteiger partial charge is 0.157 e. The summed E-state index contributed by atoms with van der Waals surface area (Å²) in [5.74, 6) is 0.772. The number of methoxy groups -OCH3 is 1. The lowest BCUT2D eigenvalue weighted by molar-refractivity contribution is 0.210. The minimum absolute atomic E-state index is 0.648. The standard InChI is InChI=1S/C8H10N4OS/c1-13-3-2-9-7-6-8(11-4-10-7)14-5-12-6/h4-5H,2-3H2,1H3,(H,9,10,11). The second-order valence-corrected chi connectivity index (χ2v) is 3.48. The number of ether oxygens (including phenoxy) is 1. The number of nitrogens with one attached hydrogen (secondary N) is 1. The zero-order chi connectivity index (χ0) is 9.80. The van der Waals surface area contributed by atoms with E-state index in [0.717, 1.165) is 22.7 Å². The Bertz CT molecular complexity index is 416. The van der Waals surface area contributed by atoms with Gasteiger partial charge >= 0.3 is 0 Å². The fourth-order valence-corrected chi connectivity index (χ4v) is 1.72. The van der Waals surface area contributed by atoms with E-state index in [1.165, 1.54) is 17.7 Å². The summed E-state index contributed by atoms with van der Waals surface area (Å²) >= 11 is 1.51. The maximum absolute atomic E-state index is 4.93. The Balaban J connectivity index is 2.19. The largest absolute Gasteiger partial charge is 0.383 e. The van der Waals surface area contributed by atoms with Crippen LogP contribution in [0.25, 0.3) is 10.3 Å². The van der Waals surface area contributed by atoms with Crippen LogP contribution in [-0.2, 0) is 4.74 Å². The molecule has 0 radical (unpaired) electrons. The molecule has 0 aliphatic carbocycles. The topological polar surface area (TPSA) is 59.9 Å². The Labute approximate surface area is 85.2 Å². The van der Waals surface area contributed by atoms with Crippen molar-refractivity contribution >= 4 is 27.5 Å². The number of fused-ring (bicyclic) bond motifs is 1. The molecule has 2 aromatic heterocycles. The molecule has 0 saturated carbocycles. The number of rotatable bonds is 4. The van der Waals surface area contributed by atoms with Gasteiger partial charge in [0, 0.05) is 13.7 Å². The van der Waals surface area contributed by atoms with Crippen molar-refractivity contribution in [1.29, 1.82) is 0 Å². The van der Waals surface area contributed by atoms with E-state index in [2.05, 4.69) is 20.3 Å². The van der Waals surface area contributed by atoms with Gasteiger partial charge in [0.1, 0.15) is 16.7 Å². The van der Waals surface area contributed by atoms with E-state index >= 15 is 0 Å².